The summed E-state index contributed by atoms with van der Waals surface area (Å²) in [5, 5.41) is 0. The van der Waals surface area contributed by atoms with Crippen molar-refractivity contribution in [2.24, 2.45) is 5.73 Å². The highest BCUT2D eigenvalue weighted by Gasteiger charge is 2.29. The first-order valence-electron chi connectivity index (χ1n) is 7.20. The number of nitrogens with two attached hydrogens (primary N) is 1. The summed E-state index contributed by atoms with van der Waals surface area (Å²) in [5.41, 5.74) is 10.1. The Morgan fingerprint density at radius 1 is 1.37 bits per heavy atom. The first-order valence-corrected chi connectivity index (χ1v) is 7.20. The first-order chi connectivity index (χ1) is 9.02. The molecule has 3 heteroatoms. The Morgan fingerprint density at radius 2 is 2.11 bits per heavy atom. The van der Waals surface area contributed by atoms with Crippen molar-refractivity contribution >= 4 is 0 Å². The topological polar surface area (TPSA) is 32.5 Å². The van der Waals surface area contributed by atoms with Crippen LogP contribution in [0.25, 0.3) is 0 Å². The van der Waals surface area contributed by atoms with Crippen molar-refractivity contribution in [1.29, 1.82) is 0 Å². The van der Waals surface area contributed by atoms with Crippen LogP contribution in [0.1, 0.15) is 29.2 Å². The van der Waals surface area contributed by atoms with Crippen molar-refractivity contribution in [3.05, 3.63) is 34.9 Å². The van der Waals surface area contributed by atoms with E-state index in [0.29, 0.717) is 18.6 Å². The first kappa shape index (κ1) is 14.5. The molecule has 19 heavy (non-hydrogen) atoms. The zero-order chi connectivity index (χ0) is 14.0. The Hall–Kier alpha value is -0.900. The van der Waals surface area contributed by atoms with Gasteiger partial charge in [0.1, 0.15) is 0 Å². The second-order valence-electron chi connectivity index (χ2n) is 6.01. The molecule has 1 aliphatic heterocycles. The van der Waals surface area contributed by atoms with Crippen LogP contribution in [0.4, 0.5) is 0 Å². The zero-order valence-corrected chi connectivity index (χ0v) is 12.7. The van der Waals surface area contributed by atoms with Gasteiger partial charge in [0, 0.05) is 31.7 Å². The molecule has 2 unspecified atom stereocenters. The highest BCUT2D eigenvalue weighted by atomic mass is 15.2. The van der Waals surface area contributed by atoms with Gasteiger partial charge in [0.25, 0.3) is 0 Å². The number of rotatable bonds is 4. The van der Waals surface area contributed by atoms with E-state index in [9.17, 15) is 0 Å². The molecule has 1 aromatic carbocycles. The van der Waals surface area contributed by atoms with Crippen molar-refractivity contribution in [3.8, 4) is 0 Å². The van der Waals surface area contributed by atoms with E-state index in [0.717, 1.165) is 13.1 Å². The van der Waals surface area contributed by atoms with Gasteiger partial charge in [-0.05, 0) is 45.5 Å². The lowest BCUT2D eigenvalue weighted by Gasteiger charge is -2.29. The van der Waals surface area contributed by atoms with Crippen LogP contribution in [0.5, 0.6) is 0 Å². The predicted molar refractivity (Wildman–Crippen MR) is 81.4 cm³/mol. The molecule has 0 aliphatic carbocycles. The van der Waals surface area contributed by atoms with Gasteiger partial charge in [-0.3, -0.25) is 4.90 Å². The minimum Gasteiger partial charge on any atom is -0.329 e. The third-order valence-corrected chi connectivity index (χ3v) is 4.37. The molecular weight excluding hydrogens is 234 g/mol. The van der Waals surface area contributed by atoms with Gasteiger partial charge in [-0.25, -0.2) is 0 Å². The molecule has 0 amide bonds. The smallest absolute Gasteiger partial charge is 0.0473 e. The van der Waals surface area contributed by atoms with Gasteiger partial charge in [-0.1, -0.05) is 23.8 Å². The van der Waals surface area contributed by atoms with E-state index in [-0.39, 0.29) is 0 Å². The van der Waals surface area contributed by atoms with Crippen molar-refractivity contribution < 1.29 is 0 Å². The number of nitrogens with zero attached hydrogens (tertiary/aromatic N) is 2. The Bertz CT molecular complexity index is 428. The molecule has 1 aromatic rings. The number of hydrogen-bond acceptors (Lipinski definition) is 3. The van der Waals surface area contributed by atoms with Gasteiger partial charge in [0.15, 0.2) is 0 Å². The Balaban J connectivity index is 2.16. The summed E-state index contributed by atoms with van der Waals surface area (Å²) in [4.78, 5) is 4.87. The summed E-state index contributed by atoms with van der Waals surface area (Å²) in [5.74, 6) is 0. The highest BCUT2D eigenvalue weighted by Crippen LogP contribution is 2.28. The van der Waals surface area contributed by atoms with E-state index in [2.05, 4.69) is 55.9 Å². The lowest BCUT2D eigenvalue weighted by Crippen LogP contribution is -2.36. The van der Waals surface area contributed by atoms with Crippen LogP contribution < -0.4 is 5.73 Å². The fourth-order valence-electron chi connectivity index (χ4n) is 3.14. The van der Waals surface area contributed by atoms with Crippen molar-refractivity contribution in [3.63, 3.8) is 0 Å². The Kier molecular flexibility index (Phi) is 4.61. The molecule has 0 aromatic heterocycles. The average Bonchev–Trinajstić information content (AvgIpc) is 2.82. The van der Waals surface area contributed by atoms with Crippen LogP contribution in [0.15, 0.2) is 18.2 Å². The van der Waals surface area contributed by atoms with Gasteiger partial charge in [0.05, 0.1) is 0 Å². The SMILES string of the molecule is Cc1ccc(C(CN)N2CCC(N(C)C)C2)c(C)c1. The molecular formula is C16H27N3. The highest BCUT2D eigenvalue weighted by molar-refractivity contribution is 5.33. The molecule has 2 rings (SSSR count). The van der Waals surface area contributed by atoms with Crippen molar-refractivity contribution in [2.45, 2.75) is 32.4 Å². The van der Waals surface area contributed by atoms with Gasteiger partial charge in [-0.2, -0.15) is 0 Å². The summed E-state index contributed by atoms with van der Waals surface area (Å²) < 4.78 is 0. The molecule has 3 nitrogen and oxygen atoms in total. The lowest BCUT2D eigenvalue weighted by atomic mass is 9.98. The van der Waals surface area contributed by atoms with E-state index in [4.69, 9.17) is 5.73 Å². The number of likely N-dealkylation sites (N-methyl/N-ethyl adjacent to an activating group) is 1. The van der Waals surface area contributed by atoms with Crippen LogP contribution in [-0.2, 0) is 0 Å². The second-order valence-corrected chi connectivity index (χ2v) is 6.01. The van der Waals surface area contributed by atoms with E-state index < -0.39 is 0 Å². The minimum atomic E-state index is 0.366. The lowest BCUT2D eigenvalue weighted by molar-refractivity contribution is 0.220. The normalized spacial score (nSPS) is 22.1. The summed E-state index contributed by atoms with van der Waals surface area (Å²) in [7, 11) is 4.34. The molecule has 1 saturated heterocycles. The van der Waals surface area contributed by atoms with Crippen LogP contribution in [0, 0.1) is 13.8 Å². The number of aryl methyl sites for hydroxylation is 2. The largest absolute Gasteiger partial charge is 0.329 e. The number of hydrogen-bond donors (Lipinski definition) is 1. The van der Waals surface area contributed by atoms with E-state index in [1.807, 2.05) is 0 Å². The minimum absolute atomic E-state index is 0.366. The molecule has 2 N–H and O–H groups in total. The quantitative estimate of drug-likeness (QED) is 0.899. The molecule has 2 atom stereocenters. The molecule has 0 saturated carbocycles. The zero-order valence-electron chi connectivity index (χ0n) is 12.7. The third kappa shape index (κ3) is 3.16. The number of likely N-dealkylation sites (tertiary alicyclic amines) is 1. The standard InChI is InChI=1S/C16H27N3/c1-12-5-6-15(13(2)9-12)16(10-17)19-8-7-14(11-19)18(3)4/h5-6,9,14,16H,7-8,10-11,17H2,1-4H3. The third-order valence-electron chi connectivity index (χ3n) is 4.37. The van der Waals surface area contributed by atoms with Gasteiger partial charge in [-0.15, -0.1) is 0 Å². The van der Waals surface area contributed by atoms with Crippen LogP contribution >= 0.6 is 0 Å². The fourth-order valence-corrected chi connectivity index (χ4v) is 3.14. The summed E-state index contributed by atoms with van der Waals surface area (Å²) >= 11 is 0. The van der Waals surface area contributed by atoms with Gasteiger partial charge in [0.2, 0.25) is 0 Å². The second kappa shape index (κ2) is 6.04. The molecule has 1 heterocycles. The number of benzene rings is 1. The maximum atomic E-state index is 6.06. The van der Waals surface area contributed by atoms with Gasteiger partial charge >= 0.3 is 0 Å². The van der Waals surface area contributed by atoms with E-state index in [1.54, 1.807) is 0 Å². The molecule has 1 aliphatic rings. The average molecular weight is 261 g/mol. The van der Waals surface area contributed by atoms with Crippen molar-refractivity contribution in [1.82, 2.24) is 9.80 Å². The monoisotopic (exact) mass is 261 g/mol. The predicted octanol–water partition coefficient (Wildman–Crippen LogP) is 1.94. The Morgan fingerprint density at radius 3 is 2.63 bits per heavy atom. The molecule has 0 radical (unpaired) electrons. The molecule has 1 fully saturated rings. The van der Waals surface area contributed by atoms with Crippen molar-refractivity contribution in [2.75, 3.05) is 33.7 Å². The molecule has 106 valence electrons. The molecule has 0 bridgehead atoms. The Labute approximate surface area is 117 Å². The molecule has 0 spiro atoms. The fraction of sp³-hybridized carbons (Fsp3) is 0.625. The summed E-state index contributed by atoms with van der Waals surface area (Å²) in [6.45, 7) is 7.32. The van der Waals surface area contributed by atoms with E-state index in [1.165, 1.54) is 23.1 Å². The maximum Gasteiger partial charge on any atom is 0.0473 e. The van der Waals surface area contributed by atoms with Gasteiger partial charge < -0.3 is 10.6 Å². The van der Waals surface area contributed by atoms with E-state index >= 15 is 0 Å². The van der Waals surface area contributed by atoms with Crippen LogP contribution in [-0.4, -0.2) is 49.6 Å². The summed E-state index contributed by atoms with van der Waals surface area (Å²) in [6.07, 6.45) is 1.24. The van der Waals surface area contributed by atoms with Crippen LogP contribution in [0.2, 0.25) is 0 Å². The maximum absolute atomic E-state index is 6.06. The summed E-state index contributed by atoms with van der Waals surface area (Å²) in [6, 6.07) is 7.75. The van der Waals surface area contributed by atoms with Crippen LogP contribution in [0.3, 0.4) is 0 Å².